The normalized spacial score (nSPS) is 38.6. The van der Waals surface area contributed by atoms with E-state index in [9.17, 15) is 19.9 Å². The molecule has 5 atom stereocenters. The SMILES string of the molecule is O.O=P(O)(O)O[C@H]1O[C@H](CO)[C@@H](O)[C@H](O)[C@H]1O. The topological polar surface area (TPSA) is 188 Å². The van der Waals surface area contributed by atoms with Crippen LogP contribution in [0.15, 0.2) is 0 Å². The summed E-state index contributed by atoms with van der Waals surface area (Å²) in [6.45, 7) is -0.702. The van der Waals surface area contributed by atoms with Crippen molar-refractivity contribution in [3.63, 3.8) is 0 Å². The van der Waals surface area contributed by atoms with Gasteiger partial charge in [0, 0.05) is 0 Å². The van der Waals surface area contributed by atoms with E-state index in [-0.39, 0.29) is 5.48 Å². The van der Waals surface area contributed by atoms with Crippen molar-refractivity contribution in [3.05, 3.63) is 0 Å². The van der Waals surface area contributed by atoms with Crippen LogP contribution in [0.25, 0.3) is 0 Å². The molecule has 11 heteroatoms. The summed E-state index contributed by atoms with van der Waals surface area (Å²) < 4.78 is 19.2. The predicted molar refractivity (Wildman–Crippen MR) is 50.5 cm³/mol. The quantitative estimate of drug-likeness (QED) is 0.280. The number of rotatable bonds is 3. The maximum absolute atomic E-state index is 10.5. The first-order valence-electron chi connectivity index (χ1n) is 4.30. The summed E-state index contributed by atoms with van der Waals surface area (Å²) in [4.78, 5) is 17.0. The Morgan fingerprint density at radius 3 is 2.06 bits per heavy atom. The van der Waals surface area contributed by atoms with Crippen molar-refractivity contribution in [2.24, 2.45) is 0 Å². The second-order valence-corrected chi connectivity index (χ2v) is 4.49. The van der Waals surface area contributed by atoms with E-state index < -0.39 is 45.1 Å². The van der Waals surface area contributed by atoms with Gasteiger partial charge in [-0.25, -0.2) is 4.57 Å². The van der Waals surface area contributed by atoms with Gasteiger partial charge in [-0.1, -0.05) is 0 Å². The zero-order valence-electron chi connectivity index (χ0n) is 8.45. The third kappa shape index (κ3) is 4.23. The summed E-state index contributed by atoms with van der Waals surface area (Å²) in [5, 5.41) is 36.6. The van der Waals surface area contributed by atoms with Crippen LogP contribution < -0.4 is 0 Å². The molecule has 0 aromatic heterocycles. The minimum absolute atomic E-state index is 0. The van der Waals surface area contributed by atoms with Crippen LogP contribution >= 0.6 is 7.82 Å². The second-order valence-electron chi connectivity index (χ2n) is 3.29. The molecule has 104 valence electrons. The molecule has 0 bridgehead atoms. The molecule has 1 aliphatic heterocycles. The molecule has 0 aliphatic carbocycles. The molecule has 17 heavy (non-hydrogen) atoms. The standard InChI is InChI=1S/C6H13O9P.H2O/c7-1-2-3(8)4(9)5(10)6(14-2)15-16(11,12)13;/h2-10H,1H2,(H2,11,12,13);1H2/t2-,3-,4+,5-,6-;/m1./s1. The Bertz CT molecular complexity index is 276. The highest BCUT2D eigenvalue weighted by Gasteiger charge is 2.46. The lowest BCUT2D eigenvalue weighted by molar-refractivity contribution is -0.280. The number of phosphoric acid groups is 1. The van der Waals surface area contributed by atoms with Gasteiger partial charge < -0.3 is 40.4 Å². The minimum atomic E-state index is -4.91. The molecule has 1 heterocycles. The van der Waals surface area contributed by atoms with Crippen molar-refractivity contribution < 1.29 is 49.5 Å². The molecule has 0 saturated carbocycles. The molecule has 1 fully saturated rings. The van der Waals surface area contributed by atoms with E-state index in [1.807, 2.05) is 0 Å². The highest BCUT2D eigenvalue weighted by Crippen LogP contribution is 2.40. The Morgan fingerprint density at radius 1 is 1.12 bits per heavy atom. The van der Waals surface area contributed by atoms with Gasteiger partial charge in [0.15, 0.2) is 6.29 Å². The van der Waals surface area contributed by atoms with Gasteiger partial charge in [-0.15, -0.1) is 0 Å². The Labute approximate surface area is 95.6 Å². The molecule has 0 aromatic carbocycles. The van der Waals surface area contributed by atoms with E-state index in [4.69, 9.17) is 14.9 Å². The van der Waals surface area contributed by atoms with E-state index in [0.717, 1.165) is 0 Å². The summed E-state index contributed by atoms with van der Waals surface area (Å²) in [5.74, 6) is 0. The van der Waals surface area contributed by atoms with Crippen molar-refractivity contribution >= 4 is 7.82 Å². The number of phosphoric ester groups is 1. The highest BCUT2D eigenvalue weighted by molar-refractivity contribution is 7.46. The average Bonchev–Trinajstić information content (AvgIpc) is 2.17. The summed E-state index contributed by atoms with van der Waals surface area (Å²) in [6.07, 6.45) is -8.25. The molecule has 0 unspecified atom stereocenters. The van der Waals surface area contributed by atoms with Crippen LogP contribution in [0.4, 0.5) is 0 Å². The highest BCUT2D eigenvalue weighted by atomic mass is 31.2. The molecular weight excluding hydrogens is 263 g/mol. The predicted octanol–water partition coefficient (Wildman–Crippen LogP) is -3.93. The van der Waals surface area contributed by atoms with E-state index in [1.54, 1.807) is 0 Å². The van der Waals surface area contributed by atoms with Crippen molar-refractivity contribution in [2.75, 3.05) is 6.61 Å². The Morgan fingerprint density at radius 2 is 1.65 bits per heavy atom. The number of hydrogen-bond acceptors (Lipinski definition) is 7. The maximum Gasteiger partial charge on any atom is 0.472 e. The number of aliphatic hydroxyl groups excluding tert-OH is 4. The van der Waals surface area contributed by atoms with Crippen molar-refractivity contribution in [2.45, 2.75) is 30.7 Å². The van der Waals surface area contributed by atoms with Crippen LogP contribution in [0.5, 0.6) is 0 Å². The van der Waals surface area contributed by atoms with Gasteiger partial charge in [0.05, 0.1) is 6.61 Å². The van der Waals surface area contributed by atoms with Crippen LogP contribution in [0, 0.1) is 0 Å². The van der Waals surface area contributed by atoms with Crippen molar-refractivity contribution in [3.8, 4) is 0 Å². The Kier molecular flexibility index (Phi) is 6.11. The summed E-state index contributed by atoms with van der Waals surface area (Å²) >= 11 is 0. The molecule has 1 rings (SSSR count). The first kappa shape index (κ1) is 16.9. The lowest BCUT2D eigenvalue weighted by Gasteiger charge is -2.39. The third-order valence-electron chi connectivity index (χ3n) is 2.09. The molecule has 1 aliphatic rings. The third-order valence-corrected chi connectivity index (χ3v) is 2.57. The molecule has 8 N–H and O–H groups in total. The average molecular weight is 278 g/mol. The fourth-order valence-corrected chi connectivity index (χ4v) is 1.73. The van der Waals surface area contributed by atoms with Crippen LogP contribution in [0.1, 0.15) is 0 Å². The fourth-order valence-electron chi connectivity index (χ4n) is 1.29. The van der Waals surface area contributed by atoms with Gasteiger partial charge in [-0.05, 0) is 0 Å². The first-order chi connectivity index (χ1) is 7.26. The molecular formula is C6H15O10P. The van der Waals surface area contributed by atoms with Crippen LogP contribution in [-0.4, -0.2) is 73.0 Å². The Hall–Kier alpha value is -0.130. The lowest BCUT2D eigenvalue weighted by Crippen LogP contribution is -2.58. The molecule has 0 aromatic rings. The monoisotopic (exact) mass is 278 g/mol. The number of hydrogen-bond donors (Lipinski definition) is 6. The van der Waals surface area contributed by atoms with Crippen molar-refractivity contribution in [1.82, 2.24) is 0 Å². The molecule has 0 amide bonds. The summed E-state index contributed by atoms with van der Waals surface area (Å²) in [5.41, 5.74) is 0. The van der Waals surface area contributed by atoms with E-state index in [1.165, 1.54) is 0 Å². The van der Waals surface area contributed by atoms with Gasteiger partial charge in [0.25, 0.3) is 0 Å². The lowest BCUT2D eigenvalue weighted by atomic mass is 10.00. The summed E-state index contributed by atoms with van der Waals surface area (Å²) in [7, 11) is -4.91. The van der Waals surface area contributed by atoms with Crippen molar-refractivity contribution in [1.29, 1.82) is 0 Å². The Balaban J connectivity index is 0.00000256. The zero-order chi connectivity index (χ0) is 12.5. The maximum atomic E-state index is 10.5. The van der Waals surface area contributed by atoms with Gasteiger partial charge in [0.2, 0.25) is 0 Å². The van der Waals surface area contributed by atoms with E-state index >= 15 is 0 Å². The minimum Gasteiger partial charge on any atom is -0.412 e. The molecule has 0 radical (unpaired) electrons. The smallest absolute Gasteiger partial charge is 0.412 e. The number of ether oxygens (including phenoxy) is 1. The zero-order valence-corrected chi connectivity index (χ0v) is 9.34. The number of aliphatic hydroxyl groups is 4. The fraction of sp³-hybridized carbons (Fsp3) is 1.00. The molecule has 0 spiro atoms. The van der Waals surface area contributed by atoms with Crippen LogP contribution in [0.2, 0.25) is 0 Å². The van der Waals surface area contributed by atoms with Gasteiger partial charge >= 0.3 is 7.82 Å². The molecule has 1 saturated heterocycles. The van der Waals surface area contributed by atoms with Crippen LogP contribution in [-0.2, 0) is 13.8 Å². The molecule has 10 nitrogen and oxygen atoms in total. The van der Waals surface area contributed by atoms with Gasteiger partial charge in [0.1, 0.15) is 24.4 Å². The van der Waals surface area contributed by atoms with Gasteiger partial charge in [-0.3, -0.25) is 4.52 Å². The van der Waals surface area contributed by atoms with E-state index in [2.05, 4.69) is 9.26 Å². The van der Waals surface area contributed by atoms with Crippen LogP contribution in [0.3, 0.4) is 0 Å². The second kappa shape index (κ2) is 6.16. The first-order valence-corrected chi connectivity index (χ1v) is 5.83. The van der Waals surface area contributed by atoms with Gasteiger partial charge in [-0.2, -0.15) is 0 Å². The largest absolute Gasteiger partial charge is 0.472 e. The summed E-state index contributed by atoms with van der Waals surface area (Å²) in [6, 6.07) is 0. The van der Waals surface area contributed by atoms with E-state index in [0.29, 0.717) is 0 Å².